The molecule has 2 atom stereocenters. The third-order valence-corrected chi connectivity index (χ3v) is 7.35. The lowest BCUT2D eigenvalue weighted by molar-refractivity contribution is -0.141. The monoisotopic (exact) mass is 628 g/mol. The van der Waals surface area contributed by atoms with E-state index < -0.39 is 35.9 Å². The number of ether oxygens (including phenoxy) is 1. The number of imidazole rings is 1. The van der Waals surface area contributed by atoms with Crippen molar-refractivity contribution in [2.24, 2.45) is 0 Å². The van der Waals surface area contributed by atoms with Crippen molar-refractivity contribution in [2.45, 2.75) is 25.2 Å². The molecule has 2 aromatic carbocycles. The molecule has 2 aromatic heterocycles. The lowest BCUT2D eigenvalue weighted by Crippen LogP contribution is -2.61. The molecule has 1 aliphatic rings. The van der Waals surface area contributed by atoms with E-state index >= 15 is 0 Å². The van der Waals surface area contributed by atoms with Crippen LogP contribution in [0.5, 0.6) is 5.75 Å². The third-order valence-electron chi connectivity index (χ3n) is 7.05. The van der Waals surface area contributed by atoms with Crippen LogP contribution in [0.3, 0.4) is 0 Å². The predicted octanol–water partition coefficient (Wildman–Crippen LogP) is 4.94. The van der Waals surface area contributed by atoms with Gasteiger partial charge in [-0.05, 0) is 36.8 Å². The standard InChI is InChI=1S/C29H28ClF3N8O3/c1-18(19-8-9-23(44-2)21(30)14-19)35-26(42)22-16-39(28(43)36-20-6-4-3-5-7-20)12-13-41(22)25-15-24(29(31,32)33)37-27(38-25)40-11-10-34-17-40/h3-11,14-15,17-18,22H,12-13,16H2,1-2H3,(H,35,42)(H,36,43). The highest BCUT2D eigenvalue weighted by atomic mass is 35.5. The van der Waals surface area contributed by atoms with E-state index in [0.29, 0.717) is 22.0 Å². The van der Waals surface area contributed by atoms with E-state index in [2.05, 4.69) is 25.6 Å². The third kappa shape index (κ3) is 6.86. The van der Waals surface area contributed by atoms with Crippen molar-refractivity contribution in [1.29, 1.82) is 0 Å². The number of carbonyl (C=O) groups excluding carboxylic acids is 2. The molecule has 2 unspecified atom stereocenters. The van der Waals surface area contributed by atoms with Gasteiger partial charge in [-0.1, -0.05) is 35.9 Å². The van der Waals surface area contributed by atoms with Gasteiger partial charge in [-0.25, -0.2) is 14.8 Å². The number of benzene rings is 2. The van der Waals surface area contributed by atoms with Gasteiger partial charge in [0.15, 0.2) is 5.69 Å². The summed E-state index contributed by atoms with van der Waals surface area (Å²) in [6.07, 6.45) is -0.714. The fourth-order valence-corrected chi connectivity index (χ4v) is 5.01. The van der Waals surface area contributed by atoms with Crippen molar-refractivity contribution in [2.75, 3.05) is 37.0 Å². The second-order valence-corrected chi connectivity index (χ2v) is 10.4. The molecule has 0 saturated carbocycles. The number of piperazine rings is 1. The Morgan fingerprint density at radius 3 is 2.52 bits per heavy atom. The Labute approximate surface area is 255 Å². The molecule has 1 aliphatic heterocycles. The highest BCUT2D eigenvalue weighted by Crippen LogP contribution is 2.32. The molecule has 1 saturated heterocycles. The maximum absolute atomic E-state index is 13.9. The van der Waals surface area contributed by atoms with E-state index in [4.69, 9.17) is 16.3 Å². The molecule has 15 heteroatoms. The number of para-hydroxylation sites is 1. The average molecular weight is 629 g/mol. The normalized spacial score (nSPS) is 15.9. The van der Waals surface area contributed by atoms with Crippen molar-refractivity contribution < 1.29 is 27.5 Å². The van der Waals surface area contributed by atoms with Gasteiger partial charge >= 0.3 is 12.2 Å². The number of carbonyl (C=O) groups is 2. The van der Waals surface area contributed by atoms with Gasteiger partial charge in [-0.2, -0.15) is 18.2 Å². The number of urea groups is 1. The molecule has 0 radical (unpaired) electrons. The van der Waals surface area contributed by atoms with E-state index in [1.165, 1.54) is 40.2 Å². The minimum Gasteiger partial charge on any atom is -0.495 e. The van der Waals surface area contributed by atoms with Crippen LogP contribution in [0.4, 0.5) is 29.5 Å². The van der Waals surface area contributed by atoms with Crippen LogP contribution in [0.1, 0.15) is 24.2 Å². The maximum atomic E-state index is 13.9. The molecule has 2 N–H and O–H groups in total. The number of nitrogens with one attached hydrogen (secondary N) is 2. The number of rotatable bonds is 7. The van der Waals surface area contributed by atoms with Gasteiger partial charge in [0.05, 0.1) is 24.7 Å². The Bertz CT molecular complexity index is 1620. The summed E-state index contributed by atoms with van der Waals surface area (Å²) in [4.78, 5) is 41.8. The average Bonchev–Trinajstić information content (AvgIpc) is 3.56. The first-order valence-electron chi connectivity index (χ1n) is 13.5. The Morgan fingerprint density at radius 1 is 1.09 bits per heavy atom. The molecule has 0 spiro atoms. The smallest absolute Gasteiger partial charge is 0.433 e. The Kier molecular flexibility index (Phi) is 8.90. The van der Waals surface area contributed by atoms with E-state index in [1.807, 2.05) is 0 Å². The fraction of sp³-hybridized carbons (Fsp3) is 0.276. The first-order chi connectivity index (χ1) is 21.0. The molecule has 230 valence electrons. The first kappa shape index (κ1) is 30.6. The van der Waals surface area contributed by atoms with Gasteiger partial charge in [-0.3, -0.25) is 9.36 Å². The zero-order valence-corrected chi connectivity index (χ0v) is 24.4. The summed E-state index contributed by atoms with van der Waals surface area (Å²) >= 11 is 6.28. The summed E-state index contributed by atoms with van der Waals surface area (Å²) in [5, 5.41) is 6.05. The fourth-order valence-electron chi connectivity index (χ4n) is 4.74. The largest absolute Gasteiger partial charge is 0.495 e. The minimum atomic E-state index is -4.79. The highest BCUT2D eigenvalue weighted by molar-refractivity contribution is 6.32. The van der Waals surface area contributed by atoms with E-state index in [9.17, 15) is 22.8 Å². The molecule has 11 nitrogen and oxygen atoms in total. The number of aromatic nitrogens is 4. The summed E-state index contributed by atoms with van der Waals surface area (Å²) in [5.74, 6) is -0.459. The quantitative estimate of drug-likeness (QED) is 0.298. The van der Waals surface area contributed by atoms with Gasteiger partial charge in [0, 0.05) is 37.2 Å². The highest BCUT2D eigenvalue weighted by Gasteiger charge is 2.39. The van der Waals surface area contributed by atoms with Crippen molar-refractivity contribution >= 4 is 35.0 Å². The number of halogens is 4. The van der Waals surface area contributed by atoms with Gasteiger partial charge in [0.25, 0.3) is 0 Å². The number of amides is 3. The van der Waals surface area contributed by atoms with Gasteiger partial charge in [0.1, 0.15) is 23.9 Å². The number of alkyl halides is 3. The molecule has 1 fully saturated rings. The number of anilines is 2. The lowest BCUT2D eigenvalue weighted by atomic mass is 10.1. The molecule has 0 bridgehead atoms. The van der Waals surface area contributed by atoms with Crippen molar-refractivity contribution in [3.05, 3.63) is 89.6 Å². The summed E-state index contributed by atoms with van der Waals surface area (Å²) in [6.45, 7) is 1.73. The first-order valence-corrected chi connectivity index (χ1v) is 13.9. The minimum absolute atomic E-state index is 0.0146. The second-order valence-electron chi connectivity index (χ2n) is 9.95. The Morgan fingerprint density at radius 2 is 1.86 bits per heavy atom. The molecule has 0 aliphatic carbocycles. The van der Waals surface area contributed by atoms with Gasteiger partial charge in [-0.15, -0.1) is 0 Å². The van der Waals surface area contributed by atoms with Crippen molar-refractivity contribution in [3.63, 3.8) is 0 Å². The van der Waals surface area contributed by atoms with E-state index in [-0.39, 0.29) is 31.4 Å². The number of nitrogens with zero attached hydrogens (tertiary/aromatic N) is 6. The topological polar surface area (TPSA) is 118 Å². The van der Waals surface area contributed by atoms with Crippen LogP contribution in [0.15, 0.2) is 73.3 Å². The molecular weight excluding hydrogens is 601 g/mol. The summed E-state index contributed by atoms with van der Waals surface area (Å²) in [5.41, 5.74) is 0.0476. The van der Waals surface area contributed by atoms with E-state index in [0.717, 1.165) is 6.07 Å². The van der Waals surface area contributed by atoms with Crippen LogP contribution in [-0.4, -0.2) is 69.1 Å². The molecule has 3 amide bonds. The Balaban J connectivity index is 1.47. The van der Waals surface area contributed by atoms with Crippen LogP contribution < -0.4 is 20.3 Å². The molecular formula is C29H28ClF3N8O3. The van der Waals surface area contributed by atoms with E-state index in [1.54, 1.807) is 55.5 Å². The molecule has 3 heterocycles. The zero-order chi connectivity index (χ0) is 31.4. The number of methoxy groups -OCH3 is 1. The predicted molar refractivity (Wildman–Crippen MR) is 157 cm³/mol. The zero-order valence-electron chi connectivity index (χ0n) is 23.6. The van der Waals surface area contributed by atoms with Gasteiger partial charge < -0.3 is 25.2 Å². The maximum Gasteiger partial charge on any atom is 0.433 e. The number of hydrogen-bond acceptors (Lipinski definition) is 7. The molecule has 4 aromatic rings. The summed E-state index contributed by atoms with van der Waals surface area (Å²) < 4.78 is 48.3. The summed E-state index contributed by atoms with van der Waals surface area (Å²) in [6, 6.07) is 12.5. The molecule has 44 heavy (non-hydrogen) atoms. The van der Waals surface area contributed by atoms with Crippen LogP contribution in [-0.2, 0) is 11.0 Å². The van der Waals surface area contributed by atoms with Crippen LogP contribution in [0, 0.1) is 0 Å². The summed E-state index contributed by atoms with van der Waals surface area (Å²) in [7, 11) is 1.49. The lowest BCUT2D eigenvalue weighted by Gasteiger charge is -2.41. The van der Waals surface area contributed by atoms with Crippen LogP contribution in [0.25, 0.3) is 5.95 Å². The number of hydrogen-bond donors (Lipinski definition) is 2. The van der Waals surface area contributed by atoms with Gasteiger partial charge in [0.2, 0.25) is 11.9 Å². The SMILES string of the molecule is COc1ccc(C(C)NC(=O)C2CN(C(=O)Nc3ccccc3)CCN2c2cc(C(F)(F)F)nc(-n3ccnc3)n2)cc1Cl. The van der Waals surface area contributed by atoms with Crippen molar-refractivity contribution in [3.8, 4) is 11.7 Å². The second kappa shape index (κ2) is 12.8. The van der Waals surface area contributed by atoms with Crippen molar-refractivity contribution in [1.82, 2.24) is 29.7 Å². The van der Waals surface area contributed by atoms with Crippen LogP contribution >= 0.6 is 11.6 Å². The van der Waals surface area contributed by atoms with Crippen LogP contribution in [0.2, 0.25) is 5.02 Å². The molecule has 5 rings (SSSR count). The Hall–Kier alpha value is -4.85.